The van der Waals surface area contributed by atoms with Gasteiger partial charge in [-0.3, -0.25) is 4.79 Å². The Morgan fingerprint density at radius 3 is 3.05 bits per heavy atom. The van der Waals surface area contributed by atoms with Crippen LogP contribution in [-0.4, -0.2) is 29.5 Å². The number of ether oxygens (including phenoxy) is 1. The average Bonchev–Trinajstić information content (AvgIpc) is 2.87. The highest BCUT2D eigenvalue weighted by atomic mass is 32.2. The van der Waals surface area contributed by atoms with Gasteiger partial charge < -0.3 is 4.74 Å². The van der Waals surface area contributed by atoms with E-state index in [9.17, 15) is 4.79 Å². The first-order chi connectivity index (χ1) is 9.19. The largest absolute Gasteiger partial charge is 0.374 e. The summed E-state index contributed by atoms with van der Waals surface area (Å²) in [5.74, 6) is 3.70. The Bertz CT molecular complexity index is 382. The summed E-state index contributed by atoms with van der Waals surface area (Å²) in [6, 6.07) is 0. The second-order valence-electron chi connectivity index (χ2n) is 6.50. The van der Waals surface area contributed by atoms with Crippen LogP contribution in [0.3, 0.4) is 0 Å². The average molecular weight is 280 g/mol. The second-order valence-corrected chi connectivity index (χ2v) is 7.60. The van der Waals surface area contributed by atoms with E-state index in [4.69, 9.17) is 4.74 Å². The Morgan fingerprint density at radius 2 is 2.37 bits per heavy atom. The number of Topliss-reactive ketones (excluding diaryl/α,β-unsaturated/α-hetero) is 1. The minimum atomic E-state index is 0.0335. The Balaban J connectivity index is 1.66. The molecule has 2 aliphatic heterocycles. The zero-order valence-electron chi connectivity index (χ0n) is 11.8. The van der Waals surface area contributed by atoms with Crippen molar-refractivity contribution in [2.75, 3.05) is 18.1 Å². The standard InChI is InChI=1S/C16H24O2S/c1-12-2-4-13(5-3-12)15(17)14-6-8-18-16(10-14)7-9-19-11-16/h4,12,14H,2-3,5-11H2,1H3. The van der Waals surface area contributed by atoms with Crippen LogP contribution in [0.5, 0.6) is 0 Å². The summed E-state index contributed by atoms with van der Waals surface area (Å²) < 4.78 is 6.02. The van der Waals surface area contributed by atoms with Crippen LogP contribution in [-0.2, 0) is 9.53 Å². The van der Waals surface area contributed by atoms with E-state index in [-0.39, 0.29) is 11.5 Å². The van der Waals surface area contributed by atoms with Gasteiger partial charge in [-0.15, -0.1) is 0 Å². The third-order valence-electron chi connectivity index (χ3n) is 4.92. The zero-order valence-corrected chi connectivity index (χ0v) is 12.6. The van der Waals surface area contributed by atoms with Gasteiger partial charge in [0.15, 0.2) is 5.78 Å². The van der Waals surface area contributed by atoms with Crippen LogP contribution >= 0.6 is 11.8 Å². The van der Waals surface area contributed by atoms with Gasteiger partial charge in [-0.05, 0) is 55.8 Å². The quantitative estimate of drug-likeness (QED) is 0.773. The van der Waals surface area contributed by atoms with Crippen molar-refractivity contribution in [2.45, 2.75) is 51.0 Å². The minimum absolute atomic E-state index is 0.0335. The summed E-state index contributed by atoms with van der Waals surface area (Å²) in [5.41, 5.74) is 1.15. The molecule has 0 saturated carbocycles. The molecule has 0 amide bonds. The van der Waals surface area contributed by atoms with Crippen molar-refractivity contribution in [2.24, 2.45) is 11.8 Å². The monoisotopic (exact) mass is 280 g/mol. The van der Waals surface area contributed by atoms with Crippen molar-refractivity contribution in [3.8, 4) is 0 Å². The first kappa shape index (κ1) is 13.7. The van der Waals surface area contributed by atoms with Crippen molar-refractivity contribution in [3.05, 3.63) is 11.6 Å². The molecule has 0 bridgehead atoms. The fraction of sp³-hybridized carbons (Fsp3) is 0.812. The maximum atomic E-state index is 12.7. The van der Waals surface area contributed by atoms with Crippen LogP contribution in [0, 0.1) is 11.8 Å². The first-order valence-electron chi connectivity index (χ1n) is 7.63. The lowest BCUT2D eigenvalue weighted by Gasteiger charge is -2.37. The van der Waals surface area contributed by atoms with Crippen molar-refractivity contribution in [1.29, 1.82) is 0 Å². The number of rotatable bonds is 2. The number of hydrogen-bond donors (Lipinski definition) is 0. The summed E-state index contributed by atoms with van der Waals surface area (Å²) in [6.07, 6.45) is 8.51. The van der Waals surface area contributed by atoms with Gasteiger partial charge in [-0.25, -0.2) is 0 Å². The van der Waals surface area contributed by atoms with Gasteiger partial charge in [0.2, 0.25) is 0 Å². The van der Waals surface area contributed by atoms with Crippen molar-refractivity contribution in [1.82, 2.24) is 0 Å². The molecule has 1 aliphatic carbocycles. The smallest absolute Gasteiger partial charge is 0.161 e. The molecule has 3 heteroatoms. The normalized spacial score (nSPS) is 39.3. The Morgan fingerprint density at radius 1 is 1.47 bits per heavy atom. The molecule has 0 N–H and O–H groups in total. The van der Waals surface area contributed by atoms with E-state index >= 15 is 0 Å². The molecule has 3 atom stereocenters. The molecule has 0 aromatic carbocycles. The number of allylic oxidation sites excluding steroid dienone is 2. The van der Waals surface area contributed by atoms with Crippen LogP contribution in [0.25, 0.3) is 0 Å². The molecule has 1 spiro atoms. The molecule has 0 aromatic rings. The van der Waals surface area contributed by atoms with Gasteiger partial charge >= 0.3 is 0 Å². The van der Waals surface area contributed by atoms with E-state index in [2.05, 4.69) is 13.0 Å². The van der Waals surface area contributed by atoms with E-state index in [1.807, 2.05) is 11.8 Å². The van der Waals surface area contributed by atoms with E-state index < -0.39 is 0 Å². The van der Waals surface area contributed by atoms with Crippen molar-refractivity contribution >= 4 is 17.5 Å². The molecule has 0 aromatic heterocycles. The Labute approximate surface area is 120 Å². The fourth-order valence-corrected chi connectivity index (χ4v) is 4.94. The minimum Gasteiger partial charge on any atom is -0.374 e. The summed E-state index contributed by atoms with van der Waals surface area (Å²) in [5, 5.41) is 0. The van der Waals surface area contributed by atoms with Crippen LogP contribution in [0.2, 0.25) is 0 Å². The molecule has 2 saturated heterocycles. The van der Waals surface area contributed by atoms with Gasteiger partial charge in [0, 0.05) is 18.3 Å². The topological polar surface area (TPSA) is 26.3 Å². The molecule has 19 heavy (non-hydrogen) atoms. The number of carbonyl (C=O) groups excluding carboxylic acids is 1. The third-order valence-corrected chi connectivity index (χ3v) is 6.14. The van der Waals surface area contributed by atoms with Crippen molar-refractivity contribution in [3.63, 3.8) is 0 Å². The lowest BCUT2D eigenvalue weighted by Crippen LogP contribution is -2.42. The van der Waals surface area contributed by atoms with Gasteiger partial charge in [-0.2, -0.15) is 11.8 Å². The Hall–Kier alpha value is -0.280. The van der Waals surface area contributed by atoms with E-state index in [1.165, 1.54) is 12.2 Å². The molecule has 106 valence electrons. The van der Waals surface area contributed by atoms with Gasteiger partial charge in [0.25, 0.3) is 0 Å². The molecule has 3 unspecified atom stereocenters. The highest BCUT2D eigenvalue weighted by molar-refractivity contribution is 7.99. The molecule has 0 radical (unpaired) electrons. The second kappa shape index (κ2) is 5.61. The van der Waals surface area contributed by atoms with Crippen molar-refractivity contribution < 1.29 is 9.53 Å². The number of ketones is 1. The maximum absolute atomic E-state index is 12.7. The summed E-state index contributed by atoms with van der Waals surface area (Å²) in [4.78, 5) is 12.7. The molecule has 3 aliphatic rings. The molecule has 3 rings (SSSR count). The summed E-state index contributed by atoms with van der Waals surface area (Å²) >= 11 is 1.98. The lowest BCUT2D eigenvalue weighted by atomic mass is 9.78. The number of carbonyl (C=O) groups is 1. The van der Waals surface area contributed by atoms with Crippen LogP contribution < -0.4 is 0 Å². The molecule has 2 fully saturated rings. The van der Waals surface area contributed by atoms with E-state index in [0.717, 1.165) is 56.0 Å². The highest BCUT2D eigenvalue weighted by Gasteiger charge is 2.42. The molecule has 2 heterocycles. The summed E-state index contributed by atoms with van der Waals surface area (Å²) in [7, 11) is 0. The Kier molecular flexibility index (Phi) is 4.04. The maximum Gasteiger partial charge on any atom is 0.161 e. The van der Waals surface area contributed by atoms with E-state index in [0.29, 0.717) is 5.78 Å². The fourth-order valence-electron chi connectivity index (χ4n) is 3.57. The predicted molar refractivity (Wildman–Crippen MR) is 79.5 cm³/mol. The summed E-state index contributed by atoms with van der Waals surface area (Å²) in [6.45, 7) is 3.05. The zero-order chi connectivity index (χ0) is 13.3. The molecular weight excluding hydrogens is 256 g/mol. The van der Waals surface area contributed by atoms with Crippen LogP contribution in [0.1, 0.15) is 45.4 Å². The van der Waals surface area contributed by atoms with Gasteiger partial charge in [-0.1, -0.05) is 13.0 Å². The lowest BCUT2D eigenvalue weighted by molar-refractivity contribution is -0.130. The van der Waals surface area contributed by atoms with Crippen LogP contribution in [0.15, 0.2) is 11.6 Å². The van der Waals surface area contributed by atoms with Gasteiger partial charge in [0.05, 0.1) is 5.60 Å². The molecule has 2 nitrogen and oxygen atoms in total. The third kappa shape index (κ3) is 2.92. The number of thioether (sulfide) groups is 1. The van der Waals surface area contributed by atoms with Crippen LogP contribution in [0.4, 0.5) is 0 Å². The predicted octanol–water partition coefficient (Wildman–Crippen LogP) is 3.60. The van der Waals surface area contributed by atoms with E-state index in [1.54, 1.807) is 0 Å². The molecular formula is C16H24O2S. The first-order valence-corrected chi connectivity index (χ1v) is 8.79. The highest BCUT2D eigenvalue weighted by Crippen LogP contribution is 2.41. The number of hydrogen-bond acceptors (Lipinski definition) is 3. The SMILES string of the molecule is CC1CC=C(C(=O)C2CCOC3(CCSC3)C2)CC1. The van der Waals surface area contributed by atoms with Gasteiger partial charge in [0.1, 0.15) is 0 Å².